The zero-order valence-electron chi connectivity index (χ0n) is 12.1. The lowest BCUT2D eigenvalue weighted by Gasteiger charge is -2.13. The van der Waals surface area contributed by atoms with E-state index in [0.29, 0.717) is 0 Å². The molecule has 0 unspecified atom stereocenters. The molecule has 108 valence electrons. The van der Waals surface area contributed by atoms with Gasteiger partial charge in [0.1, 0.15) is 11.9 Å². The lowest BCUT2D eigenvalue weighted by molar-refractivity contribution is 1.24. The van der Waals surface area contributed by atoms with Crippen LogP contribution in [-0.2, 0) is 0 Å². The highest BCUT2D eigenvalue weighted by Gasteiger charge is 2.16. The molecule has 2 aromatic carbocycles. The van der Waals surface area contributed by atoms with Gasteiger partial charge in [0.25, 0.3) is 0 Å². The van der Waals surface area contributed by atoms with Crippen molar-refractivity contribution in [3.63, 3.8) is 0 Å². The first kappa shape index (κ1) is 14.3. The van der Waals surface area contributed by atoms with E-state index in [-0.39, 0.29) is 11.4 Å². The number of nitrogens with zero attached hydrogens (tertiary/aromatic N) is 5. The molecule has 5 heteroatoms. The Hall–Kier alpha value is -3.61. The maximum Gasteiger partial charge on any atom is 0.145 e. The first-order valence-corrected chi connectivity index (χ1v) is 6.94. The van der Waals surface area contributed by atoms with Crippen LogP contribution in [-0.4, -0.2) is 4.98 Å². The molecule has 0 aliphatic heterocycles. The SMILES string of the molecule is N#Cc1c(N=[N+]=[N-])ncc(-c2ccccc2)c1-c1ccccc1. The van der Waals surface area contributed by atoms with E-state index in [4.69, 9.17) is 5.53 Å². The van der Waals surface area contributed by atoms with Crippen LogP contribution in [0, 0.1) is 11.3 Å². The average molecular weight is 297 g/mol. The second-order valence-corrected chi connectivity index (χ2v) is 4.78. The molecular weight excluding hydrogens is 286 g/mol. The third-order valence-corrected chi connectivity index (χ3v) is 3.46. The average Bonchev–Trinajstić information content (AvgIpc) is 2.63. The van der Waals surface area contributed by atoms with Crippen molar-refractivity contribution >= 4 is 5.82 Å². The van der Waals surface area contributed by atoms with Gasteiger partial charge < -0.3 is 0 Å². The smallest absolute Gasteiger partial charge is 0.145 e. The van der Waals surface area contributed by atoms with Gasteiger partial charge in [-0.3, -0.25) is 4.98 Å². The number of aromatic nitrogens is 1. The first-order chi connectivity index (χ1) is 11.3. The van der Waals surface area contributed by atoms with Gasteiger partial charge in [-0.05, 0) is 21.8 Å². The van der Waals surface area contributed by atoms with Crippen LogP contribution >= 0.6 is 0 Å². The number of hydrogen-bond acceptors (Lipinski definition) is 3. The minimum Gasteiger partial charge on any atom is -0.253 e. The Morgan fingerprint density at radius 1 is 0.957 bits per heavy atom. The van der Waals surface area contributed by atoms with E-state index in [0.717, 1.165) is 22.3 Å². The van der Waals surface area contributed by atoms with E-state index in [2.05, 4.69) is 21.1 Å². The summed E-state index contributed by atoms with van der Waals surface area (Å²) in [5, 5.41) is 13.1. The summed E-state index contributed by atoms with van der Waals surface area (Å²) >= 11 is 0. The van der Waals surface area contributed by atoms with Gasteiger partial charge in [0.2, 0.25) is 0 Å². The monoisotopic (exact) mass is 297 g/mol. The Kier molecular flexibility index (Phi) is 4.01. The second-order valence-electron chi connectivity index (χ2n) is 4.78. The summed E-state index contributed by atoms with van der Waals surface area (Å²) in [5.41, 5.74) is 12.3. The van der Waals surface area contributed by atoms with Crippen LogP contribution in [0.1, 0.15) is 5.56 Å². The van der Waals surface area contributed by atoms with Crippen molar-refractivity contribution in [2.45, 2.75) is 0 Å². The third-order valence-electron chi connectivity index (χ3n) is 3.46. The standard InChI is InChI=1S/C18H11N5/c19-11-15-17(14-9-5-2-6-10-14)16(12-21-18(15)22-23-20)13-7-3-1-4-8-13/h1-10,12H. The molecule has 0 spiro atoms. The number of rotatable bonds is 3. The summed E-state index contributed by atoms with van der Waals surface area (Å²) in [6, 6.07) is 21.4. The van der Waals surface area contributed by atoms with Crippen LogP contribution in [0.3, 0.4) is 0 Å². The molecule has 0 radical (unpaired) electrons. The van der Waals surface area contributed by atoms with E-state index in [9.17, 15) is 5.26 Å². The lowest BCUT2D eigenvalue weighted by atomic mass is 9.92. The Balaban J connectivity index is 2.38. The quantitative estimate of drug-likeness (QED) is 0.376. The minimum absolute atomic E-state index is 0.0912. The van der Waals surface area contributed by atoms with Crippen LogP contribution in [0.4, 0.5) is 5.82 Å². The summed E-state index contributed by atoms with van der Waals surface area (Å²) < 4.78 is 0. The van der Waals surface area contributed by atoms with Crippen LogP contribution in [0.15, 0.2) is 72.0 Å². The molecule has 1 heterocycles. The molecular formula is C18H11N5. The van der Waals surface area contributed by atoms with Crippen molar-refractivity contribution in [2.75, 3.05) is 0 Å². The lowest BCUT2D eigenvalue weighted by Crippen LogP contribution is -1.93. The molecule has 0 atom stereocenters. The van der Waals surface area contributed by atoms with Crippen LogP contribution in [0.5, 0.6) is 0 Å². The number of pyridine rings is 1. The molecule has 23 heavy (non-hydrogen) atoms. The van der Waals surface area contributed by atoms with E-state index < -0.39 is 0 Å². The molecule has 3 aromatic rings. The summed E-state index contributed by atoms with van der Waals surface area (Å²) in [6.07, 6.45) is 1.64. The van der Waals surface area contributed by atoms with Crippen LogP contribution in [0.25, 0.3) is 32.7 Å². The number of azide groups is 1. The third kappa shape index (κ3) is 2.75. The van der Waals surface area contributed by atoms with E-state index in [1.54, 1.807) is 6.20 Å². The predicted molar refractivity (Wildman–Crippen MR) is 88.6 cm³/mol. The topological polar surface area (TPSA) is 85.4 Å². The van der Waals surface area contributed by atoms with Crippen LogP contribution < -0.4 is 0 Å². The molecule has 0 saturated carbocycles. The number of hydrogen-bond donors (Lipinski definition) is 0. The van der Waals surface area contributed by atoms with Crippen molar-refractivity contribution in [3.8, 4) is 28.3 Å². The highest BCUT2D eigenvalue weighted by molar-refractivity contribution is 5.89. The summed E-state index contributed by atoms with van der Waals surface area (Å²) in [7, 11) is 0. The van der Waals surface area contributed by atoms with Crippen molar-refractivity contribution < 1.29 is 0 Å². The fourth-order valence-corrected chi connectivity index (χ4v) is 2.47. The molecule has 0 aliphatic carbocycles. The fraction of sp³-hybridized carbons (Fsp3) is 0. The second kappa shape index (κ2) is 6.44. The predicted octanol–water partition coefficient (Wildman–Crippen LogP) is 5.23. The fourth-order valence-electron chi connectivity index (χ4n) is 2.47. The van der Waals surface area contributed by atoms with E-state index >= 15 is 0 Å². The molecule has 0 amide bonds. The van der Waals surface area contributed by atoms with Gasteiger partial charge in [-0.2, -0.15) is 5.26 Å². The van der Waals surface area contributed by atoms with Gasteiger partial charge in [0, 0.05) is 22.2 Å². The summed E-state index contributed by atoms with van der Waals surface area (Å²) in [4.78, 5) is 6.92. The van der Waals surface area contributed by atoms with Gasteiger partial charge >= 0.3 is 0 Å². The van der Waals surface area contributed by atoms with Gasteiger partial charge in [-0.1, -0.05) is 60.7 Å². The minimum atomic E-state index is 0.0912. The molecule has 3 rings (SSSR count). The normalized spacial score (nSPS) is 9.70. The summed E-state index contributed by atoms with van der Waals surface area (Å²) in [6.45, 7) is 0. The van der Waals surface area contributed by atoms with Crippen molar-refractivity contribution in [3.05, 3.63) is 82.9 Å². The molecule has 0 aliphatic rings. The first-order valence-electron chi connectivity index (χ1n) is 6.94. The Morgan fingerprint density at radius 2 is 1.57 bits per heavy atom. The van der Waals surface area contributed by atoms with Crippen molar-refractivity contribution in [1.29, 1.82) is 5.26 Å². The molecule has 0 N–H and O–H groups in total. The van der Waals surface area contributed by atoms with Gasteiger partial charge in [-0.15, -0.1) is 0 Å². The number of benzene rings is 2. The summed E-state index contributed by atoms with van der Waals surface area (Å²) in [5.74, 6) is 0.0912. The molecule has 1 aromatic heterocycles. The molecule has 0 bridgehead atoms. The highest BCUT2D eigenvalue weighted by Crippen LogP contribution is 2.37. The maximum atomic E-state index is 9.59. The zero-order valence-corrected chi connectivity index (χ0v) is 12.1. The molecule has 0 saturated heterocycles. The van der Waals surface area contributed by atoms with Gasteiger partial charge in [0.15, 0.2) is 0 Å². The maximum absolute atomic E-state index is 9.59. The van der Waals surface area contributed by atoms with Crippen LogP contribution in [0.2, 0.25) is 0 Å². The Labute approximate surface area is 133 Å². The number of nitriles is 1. The van der Waals surface area contributed by atoms with Gasteiger partial charge in [-0.25, -0.2) is 0 Å². The zero-order chi connectivity index (χ0) is 16.1. The van der Waals surface area contributed by atoms with Crippen molar-refractivity contribution in [1.82, 2.24) is 4.98 Å². The van der Waals surface area contributed by atoms with Crippen molar-refractivity contribution in [2.24, 2.45) is 5.11 Å². The Bertz CT molecular complexity index is 921. The Morgan fingerprint density at radius 3 is 2.13 bits per heavy atom. The van der Waals surface area contributed by atoms with Gasteiger partial charge in [0.05, 0.1) is 5.56 Å². The van der Waals surface area contributed by atoms with E-state index in [1.807, 2.05) is 60.7 Å². The largest absolute Gasteiger partial charge is 0.253 e. The van der Waals surface area contributed by atoms with E-state index in [1.165, 1.54) is 0 Å². The highest BCUT2D eigenvalue weighted by atomic mass is 15.2. The molecule has 5 nitrogen and oxygen atoms in total. The molecule has 0 fully saturated rings.